The zero-order valence-electron chi connectivity index (χ0n) is 9.89. The van der Waals surface area contributed by atoms with Gasteiger partial charge in [0.05, 0.1) is 6.20 Å². The van der Waals surface area contributed by atoms with Crippen molar-refractivity contribution in [2.75, 3.05) is 0 Å². The van der Waals surface area contributed by atoms with E-state index in [0.29, 0.717) is 0 Å². The summed E-state index contributed by atoms with van der Waals surface area (Å²) < 4.78 is 2.93. The van der Waals surface area contributed by atoms with Gasteiger partial charge in [0.25, 0.3) is 0 Å². The lowest BCUT2D eigenvalue weighted by molar-refractivity contribution is 0.219. The van der Waals surface area contributed by atoms with Gasteiger partial charge in [-0.3, -0.25) is 4.68 Å². The molecule has 1 N–H and O–H groups in total. The molecule has 1 aromatic carbocycles. The minimum atomic E-state index is -0.595. The number of halogens is 1. The van der Waals surface area contributed by atoms with Crippen molar-refractivity contribution in [2.24, 2.45) is 0 Å². The van der Waals surface area contributed by atoms with Crippen LogP contribution in [0.25, 0.3) is 0 Å². The second-order valence-electron chi connectivity index (χ2n) is 4.01. The fraction of sp³-hybridized carbons (Fsp3) is 0.308. The highest BCUT2D eigenvalue weighted by Crippen LogP contribution is 2.27. The SMILES string of the molecule is CCn1cc(C(O)c2cccc(C)c2I)cn1. The van der Waals surface area contributed by atoms with Gasteiger partial charge < -0.3 is 5.11 Å². The van der Waals surface area contributed by atoms with Crippen molar-refractivity contribution in [3.05, 3.63) is 50.9 Å². The lowest BCUT2D eigenvalue weighted by Gasteiger charge is -2.12. The van der Waals surface area contributed by atoms with Gasteiger partial charge in [0, 0.05) is 21.9 Å². The molecule has 0 aliphatic rings. The number of nitrogens with zero attached hydrogens (tertiary/aromatic N) is 2. The summed E-state index contributed by atoms with van der Waals surface area (Å²) in [6.07, 6.45) is 3.03. The summed E-state index contributed by atoms with van der Waals surface area (Å²) in [5, 5.41) is 14.5. The molecule has 0 fully saturated rings. The van der Waals surface area contributed by atoms with E-state index in [0.717, 1.165) is 21.2 Å². The molecule has 0 aliphatic carbocycles. The number of rotatable bonds is 3. The monoisotopic (exact) mass is 342 g/mol. The van der Waals surface area contributed by atoms with Gasteiger partial charge in [-0.25, -0.2) is 0 Å². The third kappa shape index (κ3) is 2.52. The highest BCUT2D eigenvalue weighted by Gasteiger charge is 2.16. The number of aromatic nitrogens is 2. The third-order valence-electron chi connectivity index (χ3n) is 2.81. The Morgan fingerprint density at radius 1 is 1.47 bits per heavy atom. The van der Waals surface area contributed by atoms with E-state index < -0.39 is 6.10 Å². The van der Waals surface area contributed by atoms with Crippen LogP contribution in [0.3, 0.4) is 0 Å². The first-order valence-electron chi connectivity index (χ1n) is 5.59. The van der Waals surface area contributed by atoms with E-state index >= 15 is 0 Å². The topological polar surface area (TPSA) is 38.0 Å². The summed E-state index contributed by atoms with van der Waals surface area (Å²) in [7, 11) is 0. The molecule has 1 unspecified atom stereocenters. The van der Waals surface area contributed by atoms with E-state index in [-0.39, 0.29) is 0 Å². The number of hydrogen-bond donors (Lipinski definition) is 1. The molecule has 0 bridgehead atoms. The molecule has 0 saturated heterocycles. The Labute approximate surface area is 115 Å². The average Bonchev–Trinajstić information content (AvgIpc) is 2.80. The highest BCUT2D eigenvalue weighted by atomic mass is 127. The van der Waals surface area contributed by atoms with E-state index in [1.807, 2.05) is 42.9 Å². The lowest BCUT2D eigenvalue weighted by Crippen LogP contribution is -2.02. The summed E-state index contributed by atoms with van der Waals surface area (Å²) in [6, 6.07) is 5.98. The van der Waals surface area contributed by atoms with E-state index in [9.17, 15) is 5.11 Å². The Morgan fingerprint density at radius 2 is 2.24 bits per heavy atom. The third-order valence-corrected chi connectivity index (χ3v) is 4.28. The van der Waals surface area contributed by atoms with Crippen molar-refractivity contribution in [3.8, 4) is 0 Å². The number of benzene rings is 1. The lowest BCUT2D eigenvalue weighted by atomic mass is 10.0. The van der Waals surface area contributed by atoms with Crippen LogP contribution in [0.4, 0.5) is 0 Å². The molecule has 0 radical (unpaired) electrons. The van der Waals surface area contributed by atoms with Crippen LogP contribution in [0.5, 0.6) is 0 Å². The minimum Gasteiger partial charge on any atom is -0.384 e. The van der Waals surface area contributed by atoms with Gasteiger partial charge in [0.1, 0.15) is 6.10 Å². The van der Waals surface area contributed by atoms with E-state index in [2.05, 4.69) is 27.7 Å². The molecule has 90 valence electrons. The summed E-state index contributed by atoms with van der Waals surface area (Å²) in [6.45, 7) is 4.89. The molecule has 0 amide bonds. The number of aliphatic hydroxyl groups is 1. The maximum atomic E-state index is 10.3. The van der Waals surface area contributed by atoms with Crippen LogP contribution in [0.2, 0.25) is 0 Å². The summed E-state index contributed by atoms with van der Waals surface area (Å²) in [5.74, 6) is 0. The normalized spacial score (nSPS) is 12.7. The van der Waals surface area contributed by atoms with Crippen LogP contribution in [-0.4, -0.2) is 14.9 Å². The van der Waals surface area contributed by atoms with Gasteiger partial charge in [-0.15, -0.1) is 0 Å². The molecular formula is C13H15IN2O. The Bertz CT molecular complexity index is 522. The molecule has 1 atom stereocenters. The molecular weight excluding hydrogens is 327 g/mol. The summed E-state index contributed by atoms with van der Waals surface area (Å²) in [4.78, 5) is 0. The van der Waals surface area contributed by atoms with Gasteiger partial charge in [-0.2, -0.15) is 5.10 Å². The molecule has 3 nitrogen and oxygen atoms in total. The predicted octanol–water partition coefficient (Wildman–Crippen LogP) is 2.90. The van der Waals surface area contributed by atoms with Gasteiger partial charge in [0.2, 0.25) is 0 Å². The second kappa shape index (κ2) is 5.18. The molecule has 0 saturated carbocycles. The van der Waals surface area contributed by atoms with Gasteiger partial charge >= 0.3 is 0 Å². The Morgan fingerprint density at radius 3 is 2.88 bits per heavy atom. The molecule has 17 heavy (non-hydrogen) atoms. The van der Waals surface area contributed by atoms with Crippen LogP contribution < -0.4 is 0 Å². The molecule has 2 aromatic rings. The predicted molar refractivity (Wildman–Crippen MR) is 75.9 cm³/mol. The van der Waals surface area contributed by atoms with E-state index in [1.54, 1.807) is 6.20 Å². The zero-order valence-corrected chi connectivity index (χ0v) is 12.0. The molecule has 2 rings (SSSR count). The van der Waals surface area contributed by atoms with Gasteiger partial charge in [-0.1, -0.05) is 18.2 Å². The quantitative estimate of drug-likeness (QED) is 0.871. The van der Waals surface area contributed by atoms with Crippen LogP contribution in [-0.2, 0) is 6.54 Å². The Hall–Kier alpha value is -0.880. The van der Waals surface area contributed by atoms with Gasteiger partial charge in [0.15, 0.2) is 0 Å². The standard InChI is InChI=1S/C13H15IN2O/c1-3-16-8-10(7-15-16)13(17)11-6-4-5-9(2)12(11)14/h4-8,13,17H,3H2,1-2H3. The zero-order chi connectivity index (χ0) is 12.4. The first kappa shape index (κ1) is 12.6. The fourth-order valence-electron chi connectivity index (χ4n) is 1.75. The fourth-order valence-corrected chi connectivity index (χ4v) is 2.41. The largest absolute Gasteiger partial charge is 0.384 e. The molecule has 1 aromatic heterocycles. The van der Waals surface area contributed by atoms with Crippen molar-refractivity contribution in [1.29, 1.82) is 0 Å². The molecule has 4 heteroatoms. The van der Waals surface area contributed by atoms with Crippen molar-refractivity contribution in [3.63, 3.8) is 0 Å². The maximum absolute atomic E-state index is 10.3. The molecule has 0 spiro atoms. The van der Waals surface area contributed by atoms with Crippen LogP contribution in [0.15, 0.2) is 30.6 Å². The van der Waals surface area contributed by atoms with Crippen molar-refractivity contribution in [1.82, 2.24) is 9.78 Å². The Kier molecular flexibility index (Phi) is 3.83. The average molecular weight is 342 g/mol. The second-order valence-corrected chi connectivity index (χ2v) is 5.09. The highest BCUT2D eigenvalue weighted by molar-refractivity contribution is 14.1. The smallest absolute Gasteiger partial charge is 0.108 e. The minimum absolute atomic E-state index is 0.595. The Balaban J connectivity index is 2.36. The first-order valence-corrected chi connectivity index (χ1v) is 6.66. The number of aryl methyl sites for hydroxylation is 2. The van der Waals surface area contributed by atoms with Crippen molar-refractivity contribution >= 4 is 22.6 Å². The summed E-state index contributed by atoms with van der Waals surface area (Å²) in [5.41, 5.74) is 2.97. The van der Waals surface area contributed by atoms with Crippen LogP contribution in [0.1, 0.15) is 29.7 Å². The maximum Gasteiger partial charge on any atom is 0.108 e. The number of aliphatic hydroxyl groups excluding tert-OH is 1. The first-order chi connectivity index (χ1) is 8.13. The molecule has 1 heterocycles. The van der Waals surface area contributed by atoms with Crippen LogP contribution >= 0.6 is 22.6 Å². The van der Waals surface area contributed by atoms with Crippen LogP contribution in [0, 0.1) is 10.5 Å². The van der Waals surface area contributed by atoms with Crippen molar-refractivity contribution in [2.45, 2.75) is 26.5 Å². The summed E-state index contributed by atoms with van der Waals surface area (Å²) >= 11 is 2.28. The van der Waals surface area contributed by atoms with Gasteiger partial charge in [-0.05, 0) is 47.6 Å². The van der Waals surface area contributed by atoms with E-state index in [4.69, 9.17) is 0 Å². The number of hydrogen-bond acceptors (Lipinski definition) is 2. The van der Waals surface area contributed by atoms with Crippen molar-refractivity contribution < 1.29 is 5.11 Å². The molecule has 0 aliphatic heterocycles. The van der Waals surface area contributed by atoms with E-state index in [1.165, 1.54) is 5.56 Å².